The standard InChI is InChI=1S/C11H16N2.ClH/c1-3-12-7-10-5-9-2-4-13-11(9)6-8(1)10;/h1,6,9-10,12-13H,2-5,7H2;1H. The van der Waals surface area contributed by atoms with Gasteiger partial charge >= 0.3 is 0 Å². The molecule has 0 aromatic carbocycles. The van der Waals surface area contributed by atoms with Crippen LogP contribution in [0.2, 0.25) is 0 Å². The summed E-state index contributed by atoms with van der Waals surface area (Å²) in [6, 6.07) is 0. The maximum atomic E-state index is 3.49. The molecule has 14 heavy (non-hydrogen) atoms. The molecule has 0 aromatic rings. The van der Waals surface area contributed by atoms with E-state index in [2.05, 4.69) is 22.8 Å². The molecule has 0 radical (unpaired) electrons. The van der Waals surface area contributed by atoms with Gasteiger partial charge in [-0.15, -0.1) is 12.4 Å². The van der Waals surface area contributed by atoms with Crippen LogP contribution >= 0.6 is 12.4 Å². The summed E-state index contributed by atoms with van der Waals surface area (Å²) >= 11 is 0. The summed E-state index contributed by atoms with van der Waals surface area (Å²) in [5.74, 6) is 1.63. The topological polar surface area (TPSA) is 24.1 Å². The summed E-state index contributed by atoms with van der Waals surface area (Å²) < 4.78 is 0. The van der Waals surface area contributed by atoms with E-state index < -0.39 is 0 Å². The second-order valence-electron chi connectivity index (χ2n) is 4.31. The molecular weight excluding hydrogens is 196 g/mol. The summed E-state index contributed by atoms with van der Waals surface area (Å²) in [5.41, 5.74) is 3.07. The molecule has 1 fully saturated rings. The van der Waals surface area contributed by atoms with Crippen molar-refractivity contribution in [2.75, 3.05) is 19.6 Å². The minimum atomic E-state index is 0. The normalized spacial score (nSPS) is 34.3. The van der Waals surface area contributed by atoms with Gasteiger partial charge in [-0.25, -0.2) is 0 Å². The fraction of sp³-hybridized carbons (Fsp3) is 0.636. The molecule has 0 aromatic heterocycles. The molecule has 2 N–H and O–H groups in total. The molecule has 0 spiro atoms. The Morgan fingerprint density at radius 1 is 1.29 bits per heavy atom. The first-order valence-electron chi connectivity index (χ1n) is 5.30. The first-order chi connectivity index (χ1) is 6.43. The summed E-state index contributed by atoms with van der Waals surface area (Å²) in [7, 11) is 0. The van der Waals surface area contributed by atoms with E-state index in [0.29, 0.717) is 0 Å². The van der Waals surface area contributed by atoms with Crippen LogP contribution < -0.4 is 10.6 Å². The molecule has 78 valence electrons. The number of fused-ring (bicyclic) bond motifs is 2. The Morgan fingerprint density at radius 3 is 3.14 bits per heavy atom. The van der Waals surface area contributed by atoms with E-state index in [0.717, 1.165) is 18.4 Å². The Bertz CT molecular complexity index is 283. The van der Waals surface area contributed by atoms with Crippen molar-refractivity contribution in [1.82, 2.24) is 10.6 Å². The molecule has 2 nitrogen and oxygen atoms in total. The summed E-state index contributed by atoms with van der Waals surface area (Å²) in [6.45, 7) is 3.43. The SMILES string of the molecule is C1=C2C=C3NCCC3CC2CNC1.Cl. The van der Waals surface area contributed by atoms with E-state index in [9.17, 15) is 0 Å². The highest BCUT2D eigenvalue weighted by molar-refractivity contribution is 5.85. The molecule has 3 rings (SSSR count). The van der Waals surface area contributed by atoms with Crippen molar-refractivity contribution in [2.45, 2.75) is 12.8 Å². The van der Waals surface area contributed by atoms with Crippen molar-refractivity contribution in [3.05, 3.63) is 23.4 Å². The van der Waals surface area contributed by atoms with Gasteiger partial charge in [-0.05, 0) is 30.4 Å². The second kappa shape index (κ2) is 3.95. The number of halogens is 1. The zero-order valence-corrected chi connectivity index (χ0v) is 9.07. The second-order valence-corrected chi connectivity index (χ2v) is 4.31. The number of hydrogen-bond acceptors (Lipinski definition) is 2. The van der Waals surface area contributed by atoms with E-state index in [4.69, 9.17) is 0 Å². The number of rotatable bonds is 0. The van der Waals surface area contributed by atoms with Crippen LogP contribution in [-0.2, 0) is 0 Å². The highest BCUT2D eigenvalue weighted by Gasteiger charge is 2.30. The lowest BCUT2D eigenvalue weighted by Crippen LogP contribution is -2.32. The van der Waals surface area contributed by atoms with Crippen molar-refractivity contribution < 1.29 is 0 Å². The van der Waals surface area contributed by atoms with E-state index in [1.165, 1.54) is 31.6 Å². The van der Waals surface area contributed by atoms with E-state index in [-0.39, 0.29) is 12.4 Å². The predicted molar refractivity (Wildman–Crippen MR) is 60.5 cm³/mol. The highest BCUT2D eigenvalue weighted by atomic mass is 35.5. The van der Waals surface area contributed by atoms with Gasteiger partial charge in [0.25, 0.3) is 0 Å². The Balaban J connectivity index is 0.000000750. The number of nitrogens with one attached hydrogen (secondary N) is 2. The molecule has 2 atom stereocenters. The lowest BCUT2D eigenvalue weighted by molar-refractivity contribution is 0.416. The van der Waals surface area contributed by atoms with Crippen LogP contribution in [0.3, 0.4) is 0 Å². The third kappa shape index (κ3) is 1.57. The average Bonchev–Trinajstić information content (AvgIpc) is 2.61. The van der Waals surface area contributed by atoms with Gasteiger partial charge in [0.1, 0.15) is 0 Å². The van der Waals surface area contributed by atoms with Crippen molar-refractivity contribution in [3.8, 4) is 0 Å². The van der Waals surface area contributed by atoms with Crippen molar-refractivity contribution >= 4 is 12.4 Å². The highest BCUT2D eigenvalue weighted by Crippen LogP contribution is 2.36. The van der Waals surface area contributed by atoms with Crippen LogP contribution in [0, 0.1) is 11.8 Å². The average molecular weight is 213 g/mol. The Hall–Kier alpha value is -0.470. The van der Waals surface area contributed by atoms with Gasteiger partial charge in [-0.2, -0.15) is 0 Å². The van der Waals surface area contributed by atoms with Crippen molar-refractivity contribution in [2.24, 2.45) is 11.8 Å². The molecule has 1 saturated heterocycles. The van der Waals surface area contributed by atoms with E-state index >= 15 is 0 Å². The van der Waals surface area contributed by atoms with Crippen LogP contribution in [0.1, 0.15) is 12.8 Å². The fourth-order valence-corrected chi connectivity index (χ4v) is 2.76. The quantitative estimate of drug-likeness (QED) is 0.635. The zero-order valence-electron chi connectivity index (χ0n) is 8.25. The van der Waals surface area contributed by atoms with E-state index in [1.807, 2.05) is 0 Å². The first-order valence-corrected chi connectivity index (χ1v) is 5.30. The van der Waals surface area contributed by atoms with Crippen LogP contribution in [-0.4, -0.2) is 19.6 Å². The molecule has 2 unspecified atom stereocenters. The zero-order chi connectivity index (χ0) is 8.67. The van der Waals surface area contributed by atoms with Gasteiger partial charge in [-0.1, -0.05) is 6.08 Å². The Kier molecular flexibility index (Phi) is 2.84. The van der Waals surface area contributed by atoms with Gasteiger partial charge in [0.15, 0.2) is 0 Å². The predicted octanol–water partition coefficient (Wildman–Crippen LogP) is 1.45. The molecule has 0 saturated carbocycles. The minimum absolute atomic E-state index is 0. The summed E-state index contributed by atoms with van der Waals surface area (Å²) in [5, 5.41) is 6.93. The number of hydrogen-bond donors (Lipinski definition) is 2. The Labute approximate surface area is 91.2 Å². The molecule has 0 amide bonds. The molecule has 0 bridgehead atoms. The lowest BCUT2D eigenvalue weighted by atomic mass is 9.80. The summed E-state index contributed by atoms with van der Waals surface area (Å²) in [4.78, 5) is 0. The van der Waals surface area contributed by atoms with Gasteiger partial charge in [0, 0.05) is 31.2 Å². The molecular formula is C11H17ClN2. The smallest absolute Gasteiger partial charge is 0.0150 e. The lowest BCUT2D eigenvalue weighted by Gasteiger charge is -2.30. The monoisotopic (exact) mass is 212 g/mol. The molecule has 3 heteroatoms. The summed E-state index contributed by atoms with van der Waals surface area (Å²) in [6.07, 6.45) is 7.44. The minimum Gasteiger partial charge on any atom is -0.388 e. The van der Waals surface area contributed by atoms with Gasteiger partial charge < -0.3 is 10.6 Å². The third-order valence-electron chi connectivity index (χ3n) is 3.50. The van der Waals surface area contributed by atoms with Gasteiger partial charge in [-0.3, -0.25) is 0 Å². The van der Waals surface area contributed by atoms with Crippen LogP contribution in [0.4, 0.5) is 0 Å². The van der Waals surface area contributed by atoms with Crippen LogP contribution in [0.5, 0.6) is 0 Å². The third-order valence-corrected chi connectivity index (χ3v) is 3.50. The fourth-order valence-electron chi connectivity index (χ4n) is 2.76. The Morgan fingerprint density at radius 2 is 2.21 bits per heavy atom. The maximum Gasteiger partial charge on any atom is 0.0150 e. The van der Waals surface area contributed by atoms with Gasteiger partial charge in [0.2, 0.25) is 0 Å². The van der Waals surface area contributed by atoms with Gasteiger partial charge in [0.05, 0.1) is 0 Å². The molecule has 3 aliphatic rings. The molecule has 2 aliphatic heterocycles. The molecule has 2 heterocycles. The molecule has 1 aliphatic carbocycles. The van der Waals surface area contributed by atoms with Crippen LogP contribution in [0.25, 0.3) is 0 Å². The van der Waals surface area contributed by atoms with Crippen LogP contribution in [0.15, 0.2) is 23.4 Å². The number of allylic oxidation sites excluding steroid dienone is 2. The van der Waals surface area contributed by atoms with Crippen molar-refractivity contribution in [3.63, 3.8) is 0 Å². The first kappa shape index (κ1) is 10.1. The van der Waals surface area contributed by atoms with Crippen molar-refractivity contribution in [1.29, 1.82) is 0 Å². The maximum absolute atomic E-state index is 3.49. The van der Waals surface area contributed by atoms with E-state index in [1.54, 1.807) is 5.57 Å². The largest absolute Gasteiger partial charge is 0.388 e.